The van der Waals surface area contributed by atoms with E-state index < -0.39 is 0 Å². The monoisotopic (exact) mass is 436 g/mol. The average molecular weight is 437 g/mol. The number of aromatic nitrogens is 4. The molecule has 1 aromatic carbocycles. The zero-order chi connectivity index (χ0) is 22.8. The number of hydrogen-bond acceptors (Lipinski definition) is 5. The summed E-state index contributed by atoms with van der Waals surface area (Å²) in [5, 5.41) is 0. The van der Waals surface area contributed by atoms with Crippen LogP contribution in [0.5, 0.6) is 0 Å². The van der Waals surface area contributed by atoms with Crippen molar-refractivity contribution in [3.05, 3.63) is 52.3 Å². The van der Waals surface area contributed by atoms with Gasteiger partial charge < -0.3 is 9.80 Å². The van der Waals surface area contributed by atoms with Crippen LogP contribution in [0.3, 0.4) is 0 Å². The van der Waals surface area contributed by atoms with Crippen molar-refractivity contribution in [1.29, 1.82) is 0 Å². The van der Waals surface area contributed by atoms with Gasteiger partial charge in [-0.1, -0.05) is 32.9 Å². The highest BCUT2D eigenvalue weighted by Crippen LogP contribution is 2.19. The van der Waals surface area contributed by atoms with Crippen LogP contribution in [0.1, 0.15) is 44.6 Å². The lowest BCUT2D eigenvalue weighted by Gasteiger charge is -2.35. The van der Waals surface area contributed by atoms with Gasteiger partial charge in [0.2, 0.25) is 5.91 Å². The van der Waals surface area contributed by atoms with E-state index in [9.17, 15) is 9.59 Å². The van der Waals surface area contributed by atoms with Crippen molar-refractivity contribution < 1.29 is 4.79 Å². The molecular weight excluding hydrogens is 404 g/mol. The summed E-state index contributed by atoms with van der Waals surface area (Å²) in [4.78, 5) is 39.4. The van der Waals surface area contributed by atoms with Gasteiger partial charge in [0.25, 0.3) is 0 Å². The predicted molar refractivity (Wildman–Crippen MR) is 126 cm³/mol. The van der Waals surface area contributed by atoms with Gasteiger partial charge in [-0.2, -0.15) is 0 Å². The van der Waals surface area contributed by atoms with E-state index in [1.807, 2.05) is 49.1 Å². The Morgan fingerprint density at radius 1 is 1.03 bits per heavy atom. The molecule has 8 nitrogen and oxygen atoms in total. The van der Waals surface area contributed by atoms with Crippen LogP contribution in [-0.4, -0.2) is 56.1 Å². The highest BCUT2D eigenvalue weighted by atomic mass is 16.2. The number of carbonyl (C=O) groups is 1. The first kappa shape index (κ1) is 22.0. The number of para-hydroxylation sites is 2. The minimum absolute atomic E-state index is 0.0205. The molecule has 0 unspecified atom stereocenters. The Labute approximate surface area is 188 Å². The molecule has 8 heteroatoms. The Morgan fingerprint density at radius 2 is 1.69 bits per heavy atom. The molecule has 1 aliphatic heterocycles. The molecule has 0 aliphatic carbocycles. The first-order valence-electron chi connectivity index (χ1n) is 11.5. The third kappa shape index (κ3) is 4.26. The Balaban J connectivity index is 1.47. The van der Waals surface area contributed by atoms with Crippen LogP contribution in [-0.2, 0) is 17.9 Å². The molecule has 1 amide bonds. The van der Waals surface area contributed by atoms with Gasteiger partial charge in [0.05, 0.1) is 11.0 Å². The summed E-state index contributed by atoms with van der Waals surface area (Å²) >= 11 is 0. The number of carbonyl (C=O) groups excluding carboxylic acids is 1. The topological polar surface area (TPSA) is 76.3 Å². The summed E-state index contributed by atoms with van der Waals surface area (Å²) in [5.41, 5.74) is 2.55. The first-order chi connectivity index (χ1) is 15.4. The van der Waals surface area contributed by atoms with Gasteiger partial charge >= 0.3 is 5.69 Å². The van der Waals surface area contributed by atoms with Crippen LogP contribution < -0.4 is 10.6 Å². The van der Waals surface area contributed by atoms with E-state index in [0.717, 1.165) is 34.8 Å². The summed E-state index contributed by atoms with van der Waals surface area (Å²) in [5.74, 6) is 2.02. The predicted octanol–water partition coefficient (Wildman–Crippen LogP) is 2.78. The third-order valence-corrected chi connectivity index (χ3v) is 6.00. The van der Waals surface area contributed by atoms with E-state index in [2.05, 4.69) is 23.7 Å². The maximum Gasteiger partial charge on any atom is 0.329 e. The minimum atomic E-state index is -0.113. The van der Waals surface area contributed by atoms with Crippen molar-refractivity contribution in [3.8, 4) is 0 Å². The van der Waals surface area contributed by atoms with Gasteiger partial charge in [0, 0.05) is 50.4 Å². The molecule has 3 heterocycles. The molecule has 2 aromatic heterocycles. The van der Waals surface area contributed by atoms with Gasteiger partial charge in [0.15, 0.2) is 0 Å². The molecule has 3 aromatic rings. The molecule has 1 aliphatic rings. The number of anilines is 1. The normalized spacial score (nSPS) is 14.5. The van der Waals surface area contributed by atoms with E-state index in [1.165, 1.54) is 0 Å². The Bertz CT molecular complexity index is 1170. The van der Waals surface area contributed by atoms with Crippen LogP contribution in [0.4, 0.5) is 5.82 Å². The fourth-order valence-electron chi connectivity index (χ4n) is 4.28. The van der Waals surface area contributed by atoms with Crippen molar-refractivity contribution in [2.24, 2.45) is 0 Å². The summed E-state index contributed by atoms with van der Waals surface area (Å²) in [6.07, 6.45) is 0.866. The Hall–Kier alpha value is -3.16. The Morgan fingerprint density at radius 3 is 2.31 bits per heavy atom. The molecule has 32 heavy (non-hydrogen) atoms. The highest BCUT2D eigenvalue weighted by Gasteiger charge is 2.24. The smallest absolute Gasteiger partial charge is 0.329 e. The van der Waals surface area contributed by atoms with Crippen molar-refractivity contribution in [1.82, 2.24) is 24.0 Å². The number of fused-ring (bicyclic) bond motifs is 1. The quantitative estimate of drug-likeness (QED) is 0.594. The second-order valence-electron chi connectivity index (χ2n) is 8.76. The number of imidazole rings is 1. The Kier molecular flexibility index (Phi) is 6.30. The standard InChI is InChI=1S/C24H32N6O2/c1-5-10-29-19-8-6-7-9-20(19)30(24(29)32)16-22(31)28-13-11-27(12-14-28)21-15-18(4)25-23(26-21)17(2)3/h6-9,15,17H,5,10-14,16H2,1-4H3. The SMILES string of the molecule is CCCn1c(=O)n(CC(=O)N2CCN(c3cc(C)nc(C(C)C)n3)CC2)c2ccccc21. The van der Waals surface area contributed by atoms with Crippen LogP contribution in [0.25, 0.3) is 11.0 Å². The second-order valence-corrected chi connectivity index (χ2v) is 8.76. The van der Waals surface area contributed by atoms with Crippen molar-refractivity contribution in [2.45, 2.75) is 53.1 Å². The molecule has 0 saturated carbocycles. The molecule has 0 spiro atoms. The molecule has 0 atom stereocenters. The van der Waals surface area contributed by atoms with E-state index in [1.54, 1.807) is 9.13 Å². The summed E-state index contributed by atoms with van der Waals surface area (Å²) < 4.78 is 3.38. The number of amides is 1. The lowest BCUT2D eigenvalue weighted by Crippen LogP contribution is -2.50. The molecule has 0 N–H and O–H groups in total. The third-order valence-electron chi connectivity index (χ3n) is 6.00. The molecule has 0 bridgehead atoms. The summed E-state index contributed by atoms with van der Waals surface area (Å²) in [7, 11) is 0. The van der Waals surface area contributed by atoms with Crippen molar-refractivity contribution in [3.63, 3.8) is 0 Å². The maximum atomic E-state index is 13.1. The van der Waals surface area contributed by atoms with E-state index >= 15 is 0 Å². The number of hydrogen-bond donors (Lipinski definition) is 0. The second kappa shape index (κ2) is 9.14. The number of rotatable bonds is 6. The van der Waals surface area contributed by atoms with Crippen LogP contribution in [0.15, 0.2) is 35.1 Å². The maximum absolute atomic E-state index is 13.1. The molecular formula is C24H32N6O2. The molecule has 1 saturated heterocycles. The fraction of sp³-hybridized carbons (Fsp3) is 0.500. The van der Waals surface area contributed by atoms with Crippen LogP contribution >= 0.6 is 0 Å². The summed E-state index contributed by atoms with van der Waals surface area (Å²) in [6.45, 7) is 11.6. The highest BCUT2D eigenvalue weighted by molar-refractivity contribution is 5.81. The first-order valence-corrected chi connectivity index (χ1v) is 11.5. The minimum Gasteiger partial charge on any atom is -0.353 e. The van der Waals surface area contributed by atoms with E-state index in [0.29, 0.717) is 32.7 Å². The molecule has 1 fully saturated rings. The lowest BCUT2D eigenvalue weighted by atomic mass is 10.2. The lowest BCUT2D eigenvalue weighted by molar-refractivity contribution is -0.132. The molecule has 170 valence electrons. The van der Waals surface area contributed by atoms with Crippen molar-refractivity contribution in [2.75, 3.05) is 31.1 Å². The molecule has 0 radical (unpaired) electrons. The zero-order valence-corrected chi connectivity index (χ0v) is 19.4. The summed E-state index contributed by atoms with van der Waals surface area (Å²) in [6, 6.07) is 9.70. The van der Waals surface area contributed by atoms with Crippen LogP contribution in [0, 0.1) is 6.92 Å². The number of benzene rings is 1. The van der Waals surface area contributed by atoms with Gasteiger partial charge in [-0.15, -0.1) is 0 Å². The number of aryl methyl sites for hydroxylation is 2. The largest absolute Gasteiger partial charge is 0.353 e. The van der Waals surface area contributed by atoms with Gasteiger partial charge in [-0.05, 0) is 25.5 Å². The fourth-order valence-corrected chi connectivity index (χ4v) is 4.28. The van der Waals surface area contributed by atoms with Gasteiger partial charge in [0.1, 0.15) is 18.2 Å². The average Bonchev–Trinajstić information content (AvgIpc) is 3.05. The number of nitrogens with zero attached hydrogens (tertiary/aromatic N) is 6. The zero-order valence-electron chi connectivity index (χ0n) is 19.4. The van der Waals surface area contributed by atoms with E-state index in [-0.39, 0.29) is 24.1 Å². The van der Waals surface area contributed by atoms with Crippen LogP contribution in [0.2, 0.25) is 0 Å². The van der Waals surface area contributed by atoms with Gasteiger partial charge in [-0.3, -0.25) is 13.9 Å². The molecule has 4 rings (SSSR count). The number of piperazine rings is 1. The van der Waals surface area contributed by atoms with E-state index in [4.69, 9.17) is 4.98 Å². The van der Waals surface area contributed by atoms with Crippen molar-refractivity contribution >= 4 is 22.8 Å². The van der Waals surface area contributed by atoms with Gasteiger partial charge in [-0.25, -0.2) is 14.8 Å².